The Bertz CT molecular complexity index is 319. The van der Waals surface area contributed by atoms with Crippen LogP contribution in [0.3, 0.4) is 0 Å². The molecular formula is C10H15N3O2. The molecule has 1 heterocycles. The second-order valence-corrected chi connectivity index (χ2v) is 3.88. The average Bonchev–Trinajstić information content (AvgIpc) is 2.88. The zero-order chi connectivity index (χ0) is 10.7. The van der Waals surface area contributed by atoms with Crippen molar-refractivity contribution in [2.24, 2.45) is 0 Å². The van der Waals surface area contributed by atoms with Crippen LogP contribution in [0.2, 0.25) is 0 Å². The van der Waals surface area contributed by atoms with Crippen LogP contribution in [0.4, 0.5) is 0 Å². The van der Waals surface area contributed by atoms with Crippen LogP contribution in [0.15, 0.2) is 16.9 Å². The number of aromatic nitrogens is 1. The normalized spacial score (nSPS) is 17.4. The number of nitrogens with one attached hydrogen (secondary N) is 2. The number of amides is 1. The van der Waals surface area contributed by atoms with E-state index in [1.807, 2.05) is 6.92 Å². The Morgan fingerprint density at radius 1 is 1.73 bits per heavy atom. The van der Waals surface area contributed by atoms with Crippen LogP contribution < -0.4 is 10.6 Å². The van der Waals surface area contributed by atoms with E-state index >= 15 is 0 Å². The highest BCUT2D eigenvalue weighted by atomic mass is 16.5. The minimum atomic E-state index is -0.192. The highest BCUT2D eigenvalue weighted by molar-refractivity contribution is 5.81. The van der Waals surface area contributed by atoms with Crippen molar-refractivity contribution in [2.45, 2.75) is 38.4 Å². The molecule has 2 rings (SSSR count). The van der Waals surface area contributed by atoms with Crippen molar-refractivity contribution < 1.29 is 9.32 Å². The van der Waals surface area contributed by atoms with Gasteiger partial charge in [0.2, 0.25) is 5.91 Å². The predicted octanol–water partition coefficient (Wildman–Crippen LogP) is 0.431. The molecule has 1 aromatic rings. The summed E-state index contributed by atoms with van der Waals surface area (Å²) < 4.78 is 4.69. The van der Waals surface area contributed by atoms with Gasteiger partial charge in [0.15, 0.2) is 0 Å². The first-order valence-electron chi connectivity index (χ1n) is 5.18. The second-order valence-electron chi connectivity index (χ2n) is 3.88. The monoisotopic (exact) mass is 209 g/mol. The highest BCUT2D eigenvalue weighted by Gasteiger charge is 2.25. The van der Waals surface area contributed by atoms with E-state index < -0.39 is 0 Å². The minimum absolute atomic E-state index is 0.0565. The van der Waals surface area contributed by atoms with Gasteiger partial charge in [-0.2, -0.15) is 0 Å². The summed E-state index contributed by atoms with van der Waals surface area (Å²) in [6.45, 7) is 2.40. The molecule has 0 bridgehead atoms. The van der Waals surface area contributed by atoms with Crippen molar-refractivity contribution in [3.63, 3.8) is 0 Å². The minimum Gasteiger partial charge on any atom is -0.364 e. The molecule has 0 aliphatic heterocycles. The summed E-state index contributed by atoms with van der Waals surface area (Å²) in [4.78, 5) is 11.5. The molecule has 1 aromatic heterocycles. The van der Waals surface area contributed by atoms with Gasteiger partial charge < -0.3 is 15.2 Å². The van der Waals surface area contributed by atoms with E-state index in [4.69, 9.17) is 4.52 Å². The third kappa shape index (κ3) is 3.06. The number of rotatable bonds is 5. The van der Waals surface area contributed by atoms with E-state index in [9.17, 15) is 4.79 Å². The Kier molecular flexibility index (Phi) is 3.01. The molecular weight excluding hydrogens is 194 g/mol. The number of nitrogens with zero attached hydrogens (tertiary/aromatic N) is 1. The topological polar surface area (TPSA) is 67.2 Å². The first-order valence-corrected chi connectivity index (χ1v) is 5.18. The molecule has 2 N–H and O–H groups in total. The molecule has 0 radical (unpaired) electrons. The molecule has 82 valence electrons. The summed E-state index contributed by atoms with van der Waals surface area (Å²) in [6, 6.07) is 1.99. The SMILES string of the molecule is CC(NCc1ccon1)C(=O)NC1CC1. The van der Waals surface area contributed by atoms with Gasteiger partial charge in [0, 0.05) is 18.7 Å². The van der Waals surface area contributed by atoms with Crippen LogP contribution >= 0.6 is 0 Å². The molecule has 15 heavy (non-hydrogen) atoms. The van der Waals surface area contributed by atoms with E-state index in [1.165, 1.54) is 6.26 Å². The maximum atomic E-state index is 11.5. The Labute approximate surface area is 88.2 Å². The summed E-state index contributed by atoms with van der Waals surface area (Å²) in [7, 11) is 0. The zero-order valence-corrected chi connectivity index (χ0v) is 8.69. The fourth-order valence-corrected chi connectivity index (χ4v) is 1.23. The zero-order valence-electron chi connectivity index (χ0n) is 8.69. The van der Waals surface area contributed by atoms with Gasteiger partial charge in [-0.05, 0) is 19.8 Å². The maximum absolute atomic E-state index is 11.5. The van der Waals surface area contributed by atoms with Gasteiger partial charge in [-0.1, -0.05) is 5.16 Å². The molecule has 5 nitrogen and oxygen atoms in total. The Morgan fingerprint density at radius 3 is 3.13 bits per heavy atom. The van der Waals surface area contributed by atoms with Gasteiger partial charge >= 0.3 is 0 Å². The van der Waals surface area contributed by atoms with Crippen molar-refractivity contribution in [2.75, 3.05) is 0 Å². The molecule has 1 atom stereocenters. The van der Waals surface area contributed by atoms with Gasteiger partial charge in [0.25, 0.3) is 0 Å². The highest BCUT2D eigenvalue weighted by Crippen LogP contribution is 2.18. The lowest BCUT2D eigenvalue weighted by Gasteiger charge is -2.12. The second kappa shape index (κ2) is 4.44. The number of carbonyl (C=O) groups is 1. The lowest BCUT2D eigenvalue weighted by atomic mass is 10.3. The molecule has 1 aliphatic carbocycles. The number of carbonyl (C=O) groups excluding carboxylic acids is 1. The quantitative estimate of drug-likeness (QED) is 0.738. The van der Waals surface area contributed by atoms with Crippen LogP contribution in [0.25, 0.3) is 0 Å². The molecule has 0 saturated heterocycles. The summed E-state index contributed by atoms with van der Waals surface area (Å²) in [5, 5.41) is 9.77. The van der Waals surface area contributed by atoms with Crippen molar-refractivity contribution in [1.29, 1.82) is 0 Å². The lowest BCUT2D eigenvalue weighted by molar-refractivity contribution is -0.122. The Balaban J connectivity index is 1.71. The average molecular weight is 209 g/mol. The van der Waals surface area contributed by atoms with Gasteiger partial charge in [0.1, 0.15) is 6.26 Å². The molecule has 5 heteroatoms. The standard InChI is InChI=1S/C10H15N3O2/c1-7(10(14)12-8-2-3-8)11-6-9-4-5-15-13-9/h4-5,7-8,11H,2-3,6H2,1H3,(H,12,14). The van der Waals surface area contributed by atoms with Crippen LogP contribution in [0.5, 0.6) is 0 Å². The van der Waals surface area contributed by atoms with Crippen LogP contribution in [0.1, 0.15) is 25.5 Å². The fourth-order valence-electron chi connectivity index (χ4n) is 1.23. The Morgan fingerprint density at radius 2 is 2.53 bits per heavy atom. The summed E-state index contributed by atoms with van der Waals surface area (Å²) >= 11 is 0. The summed E-state index contributed by atoms with van der Waals surface area (Å²) in [6.07, 6.45) is 3.75. The molecule has 1 unspecified atom stereocenters. The molecule has 1 saturated carbocycles. The van der Waals surface area contributed by atoms with Gasteiger partial charge in [-0.25, -0.2) is 0 Å². The van der Waals surface area contributed by atoms with Crippen molar-refractivity contribution in [3.8, 4) is 0 Å². The van der Waals surface area contributed by atoms with Gasteiger partial charge in [-0.15, -0.1) is 0 Å². The smallest absolute Gasteiger partial charge is 0.237 e. The van der Waals surface area contributed by atoms with Gasteiger partial charge in [0.05, 0.1) is 11.7 Å². The van der Waals surface area contributed by atoms with Crippen molar-refractivity contribution in [3.05, 3.63) is 18.0 Å². The summed E-state index contributed by atoms with van der Waals surface area (Å²) in [5.74, 6) is 0.0565. The first-order chi connectivity index (χ1) is 7.25. The molecule has 1 fully saturated rings. The number of hydrogen-bond donors (Lipinski definition) is 2. The van der Waals surface area contributed by atoms with E-state index in [2.05, 4.69) is 15.8 Å². The molecule has 1 aliphatic rings. The van der Waals surface area contributed by atoms with Crippen molar-refractivity contribution >= 4 is 5.91 Å². The van der Waals surface area contributed by atoms with Gasteiger partial charge in [-0.3, -0.25) is 4.79 Å². The third-order valence-corrected chi connectivity index (χ3v) is 2.40. The Hall–Kier alpha value is -1.36. The van der Waals surface area contributed by atoms with E-state index in [-0.39, 0.29) is 11.9 Å². The van der Waals surface area contributed by atoms with Crippen LogP contribution in [0, 0.1) is 0 Å². The third-order valence-electron chi connectivity index (χ3n) is 2.40. The fraction of sp³-hybridized carbons (Fsp3) is 0.600. The first kappa shape index (κ1) is 10.2. The van der Waals surface area contributed by atoms with E-state index in [0.717, 1.165) is 18.5 Å². The molecule has 0 spiro atoms. The largest absolute Gasteiger partial charge is 0.364 e. The van der Waals surface area contributed by atoms with Crippen LogP contribution in [-0.4, -0.2) is 23.1 Å². The predicted molar refractivity (Wildman–Crippen MR) is 54.0 cm³/mol. The molecule has 1 amide bonds. The van der Waals surface area contributed by atoms with Crippen LogP contribution in [-0.2, 0) is 11.3 Å². The maximum Gasteiger partial charge on any atom is 0.237 e. The lowest BCUT2D eigenvalue weighted by Crippen LogP contribution is -2.42. The van der Waals surface area contributed by atoms with Crippen molar-refractivity contribution in [1.82, 2.24) is 15.8 Å². The van der Waals surface area contributed by atoms with E-state index in [1.54, 1.807) is 6.07 Å². The molecule has 0 aromatic carbocycles. The van der Waals surface area contributed by atoms with E-state index in [0.29, 0.717) is 12.6 Å². The number of hydrogen-bond acceptors (Lipinski definition) is 4. The summed E-state index contributed by atoms with van der Waals surface area (Å²) in [5.41, 5.74) is 0.807.